The van der Waals surface area contributed by atoms with E-state index in [1.54, 1.807) is 18.2 Å². The third kappa shape index (κ3) is 4.14. The number of alkyl halides is 2. The first-order valence-electron chi connectivity index (χ1n) is 9.85. The molecule has 0 radical (unpaired) electrons. The molecule has 2 heterocycles. The van der Waals surface area contributed by atoms with Crippen LogP contribution in [0.2, 0.25) is 0 Å². The Kier molecular flexibility index (Phi) is 5.81. The second-order valence-corrected chi connectivity index (χ2v) is 8.57. The molecule has 0 aromatic heterocycles. The molecule has 32 heavy (non-hydrogen) atoms. The van der Waals surface area contributed by atoms with Gasteiger partial charge < -0.3 is 10.2 Å². The van der Waals surface area contributed by atoms with E-state index < -0.39 is 29.3 Å². The highest BCUT2D eigenvalue weighted by atomic mass is 79.9. The summed E-state index contributed by atoms with van der Waals surface area (Å²) in [6.07, 6.45) is 0.402. The van der Waals surface area contributed by atoms with Crippen molar-refractivity contribution in [3.05, 3.63) is 69.2 Å². The standard InChI is InChI=1S/C22H18BrF2N3O4/c23-15-4-2-14(3-5-15)22(24,25)21(32)26-10-12-1-6-16-13(9-12)11-28(20(16)31)17-7-8-18(29)27-19(17)30/h1-6,9,17H,7-8,10-11H2,(H,26,32)(H,27,29,30). The van der Waals surface area contributed by atoms with Crippen LogP contribution in [0.25, 0.3) is 0 Å². The van der Waals surface area contributed by atoms with E-state index in [-0.39, 0.29) is 37.7 Å². The number of hydrogen-bond donors (Lipinski definition) is 2. The van der Waals surface area contributed by atoms with Gasteiger partial charge in [0.2, 0.25) is 11.8 Å². The fourth-order valence-electron chi connectivity index (χ4n) is 3.82. The Hall–Kier alpha value is -3.14. The number of halogens is 3. The lowest BCUT2D eigenvalue weighted by atomic mass is 10.0. The van der Waals surface area contributed by atoms with Gasteiger partial charge in [-0.05, 0) is 35.7 Å². The van der Waals surface area contributed by atoms with Crippen LogP contribution < -0.4 is 10.6 Å². The van der Waals surface area contributed by atoms with Gasteiger partial charge in [-0.25, -0.2) is 0 Å². The Morgan fingerprint density at radius 1 is 1.16 bits per heavy atom. The molecule has 2 aliphatic heterocycles. The van der Waals surface area contributed by atoms with Gasteiger partial charge >= 0.3 is 5.92 Å². The van der Waals surface area contributed by atoms with Crippen molar-refractivity contribution in [1.29, 1.82) is 0 Å². The van der Waals surface area contributed by atoms with Crippen molar-refractivity contribution < 1.29 is 28.0 Å². The summed E-state index contributed by atoms with van der Waals surface area (Å²) in [5.41, 5.74) is 1.16. The molecule has 7 nitrogen and oxygen atoms in total. The van der Waals surface area contributed by atoms with Crippen LogP contribution in [0.3, 0.4) is 0 Å². The van der Waals surface area contributed by atoms with Crippen molar-refractivity contribution in [1.82, 2.24) is 15.5 Å². The number of piperidine rings is 1. The van der Waals surface area contributed by atoms with E-state index in [0.29, 0.717) is 21.2 Å². The van der Waals surface area contributed by atoms with E-state index in [1.165, 1.54) is 29.2 Å². The zero-order valence-electron chi connectivity index (χ0n) is 16.7. The number of amides is 4. The average Bonchev–Trinajstić information content (AvgIpc) is 3.08. The number of fused-ring (bicyclic) bond motifs is 1. The molecule has 1 unspecified atom stereocenters. The molecule has 0 bridgehead atoms. The SMILES string of the molecule is O=C1CCC(N2Cc3cc(CNC(=O)C(F)(F)c4ccc(Br)cc4)ccc3C2=O)C(=O)N1. The molecule has 0 spiro atoms. The predicted octanol–water partition coefficient (Wildman–Crippen LogP) is 2.62. The van der Waals surface area contributed by atoms with Crippen LogP contribution in [0.4, 0.5) is 8.78 Å². The van der Waals surface area contributed by atoms with E-state index in [2.05, 4.69) is 26.6 Å². The van der Waals surface area contributed by atoms with Crippen molar-refractivity contribution in [2.75, 3.05) is 0 Å². The number of benzene rings is 2. The van der Waals surface area contributed by atoms with Gasteiger partial charge in [-0.2, -0.15) is 8.78 Å². The van der Waals surface area contributed by atoms with Gasteiger partial charge in [-0.1, -0.05) is 40.2 Å². The molecule has 2 N–H and O–H groups in total. The van der Waals surface area contributed by atoms with Crippen LogP contribution in [0.5, 0.6) is 0 Å². The molecular formula is C22H18BrF2N3O4. The largest absolute Gasteiger partial charge is 0.349 e. The van der Waals surface area contributed by atoms with Gasteiger partial charge in [0.1, 0.15) is 6.04 Å². The van der Waals surface area contributed by atoms with Gasteiger partial charge in [-0.15, -0.1) is 0 Å². The molecule has 1 saturated heterocycles. The molecule has 1 atom stereocenters. The number of rotatable bonds is 5. The van der Waals surface area contributed by atoms with Gasteiger partial charge in [0.25, 0.3) is 11.8 Å². The number of nitrogens with one attached hydrogen (secondary N) is 2. The lowest BCUT2D eigenvalue weighted by molar-refractivity contribution is -0.147. The number of nitrogens with zero attached hydrogens (tertiary/aromatic N) is 1. The molecule has 10 heteroatoms. The Bertz CT molecular complexity index is 1120. The molecule has 166 valence electrons. The zero-order chi connectivity index (χ0) is 23.0. The predicted molar refractivity (Wildman–Crippen MR) is 112 cm³/mol. The highest BCUT2D eigenvalue weighted by Crippen LogP contribution is 2.30. The molecule has 0 saturated carbocycles. The van der Waals surface area contributed by atoms with Crippen LogP contribution >= 0.6 is 15.9 Å². The molecule has 2 aliphatic rings. The number of carbonyl (C=O) groups is 4. The van der Waals surface area contributed by atoms with E-state index in [4.69, 9.17) is 0 Å². The lowest BCUT2D eigenvalue weighted by Gasteiger charge is -2.29. The van der Waals surface area contributed by atoms with E-state index in [0.717, 1.165) is 0 Å². The first kappa shape index (κ1) is 22.1. The molecular weight excluding hydrogens is 488 g/mol. The summed E-state index contributed by atoms with van der Waals surface area (Å²) in [5.74, 6) is -6.33. The average molecular weight is 506 g/mol. The first-order valence-corrected chi connectivity index (χ1v) is 10.6. The number of hydrogen-bond acceptors (Lipinski definition) is 4. The Balaban J connectivity index is 1.43. The fraction of sp³-hybridized carbons (Fsp3) is 0.273. The van der Waals surface area contributed by atoms with Gasteiger partial charge in [-0.3, -0.25) is 24.5 Å². The maximum atomic E-state index is 14.4. The van der Waals surface area contributed by atoms with Crippen molar-refractivity contribution >= 4 is 39.6 Å². The summed E-state index contributed by atoms with van der Waals surface area (Å²) in [7, 11) is 0. The Morgan fingerprint density at radius 3 is 2.56 bits per heavy atom. The van der Waals surface area contributed by atoms with E-state index in [1.807, 2.05) is 0 Å². The van der Waals surface area contributed by atoms with Crippen molar-refractivity contribution in [3.63, 3.8) is 0 Å². The second-order valence-electron chi connectivity index (χ2n) is 7.66. The highest BCUT2D eigenvalue weighted by Gasteiger charge is 2.41. The third-order valence-corrected chi connectivity index (χ3v) is 6.06. The quantitative estimate of drug-likeness (QED) is 0.610. The zero-order valence-corrected chi connectivity index (χ0v) is 18.2. The maximum Gasteiger partial charge on any atom is 0.349 e. The summed E-state index contributed by atoms with van der Waals surface area (Å²) < 4.78 is 29.5. The van der Waals surface area contributed by atoms with Crippen molar-refractivity contribution in [2.24, 2.45) is 0 Å². The van der Waals surface area contributed by atoms with Gasteiger partial charge in [0.15, 0.2) is 0 Å². The molecule has 4 rings (SSSR count). The molecule has 2 aromatic rings. The normalized spacial score (nSPS) is 18.4. The van der Waals surface area contributed by atoms with E-state index in [9.17, 15) is 28.0 Å². The summed E-state index contributed by atoms with van der Waals surface area (Å²) >= 11 is 3.16. The minimum atomic E-state index is -3.70. The summed E-state index contributed by atoms with van der Waals surface area (Å²) in [6.45, 7) is 0.0160. The van der Waals surface area contributed by atoms with Gasteiger partial charge in [0, 0.05) is 35.1 Å². The lowest BCUT2D eigenvalue weighted by Crippen LogP contribution is -2.52. The maximum absolute atomic E-state index is 14.4. The third-order valence-electron chi connectivity index (χ3n) is 5.53. The van der Waals surface area contributed by atoms with E-state index >= 15 is 0 Å². The minimum absolute atomic E-state index is 0.148. The molecule has 1 fully saturated rings. The minimum Gasteiger partial charge on any atom is -0.346 e. The Morgan fingerprint density at radius 2 is 1.88 bits per heavy atom. The van der Waals surface area contributed by atoms with Crippen molar-refractivity contribution in [3.8, 4) is 0 Å². The van der Waals surface area contributed by atoms with Crippen LogP contribution in [-0.4, -0.2) is 34.6 Å². The highest BCUT2D eigenvalue weighted by molar-refractivity contribution is 9.10. The van der Waals surface area contributed by atoms with Crippen molar-refractivity contribution in [2.45, 2.75) is 37.9 Å². The molecule has 2 aromatic carbocycles. The fourth-order valence-corrected chi connectivity index (χ4v) is 4.09. The molecule has 4 amide bonds. The van der Waals surface area contributed by atoms with Gasteiger partial charge in [0.05, 0.1) is 0 Å². The smallest absolute Gasteiger partial charge is 0.346 e. The summed E-state index contributed by atoms with van der Waals surface area (Å²) in [5, 5.41) is 4.48. The topological polar surface area (TPSA) is 95.6 Å². The molecule has 0 aliphatic carbocycles. The van der Waals surface area contributed by atoms with Crippen LogP contribution in [0.15, 0.2) is 46.9 Å². The monoisotopic (exact) mass is 505 g/mol. The van der Waals surface area contributed by atoms with Crippen LogP contribution in [-0.2, 0) is 33.4 Å². The summed E-state index contributed by atoms with van der Waals surface area (Å²) in [6, 6.07) is 9.26. The number of imide groups is 1. The second kappa shape index (κ2) is 8.42. The van der Waals surface area contributed by atoms with Crippen LogP contribution in [0, 0.1) is 0 Å². The summed E-state index contributed by atoms with van der Waals surface area (Å²) in [4.78, 5) is 49.7. The van der Waals surface area contributed by atoms with Crippen LogP contribution in [0.1, 0.15) is 39.9 Å². The first-order chi connectivity index (χ1) is 15.2. The number of carbonyl (C=O) groups excluding carboxylic acids is 4. The Labute approximate surface area is 190 Å².